The van der Waals surface area contributed by atoms with Crippen molar-refractivity contribution >= 4 is 0 Å². The summed E-state index contributed by atoms with van der Waals surface area (Å²) in [5.41, 5.74) is 0. The standard InChI is InChI=1S/C13H27NO/c1-10-5-4-6-13(8-7-10)14-12(3)11(2)9-15/h10-15H,4-9H2,1-3H3. The van der Waals surface area contributed by atoms with Gasteiger partial charge < -0.3 is 10.4 Å². The highest BCUT2D eigenvalue weighted by atomic mass is 16.3. The zero-order chi connectivity index (χ0) is 11.3. The van der Waals surface area contributed by atoms with Crippen LogP contribution in [0.1, 0.15) is 52.9 Å². The fourth-order valence-corrected chi connectivity index (χ4v) is 2.35. The summed E-state index contributed by atoms with van der Waals surface area (Å²) in [5.74, 6) is 1.27. The molecule has 1 fully saturated rings. The van der Waals surface area contributed by atoms with Crippen molar-refractivity contribution in [3.05, 3.63) is 0 Å². The van der Waals surface area contributed by atoms with Crippen LogP contribution in [-0.2, 0) is 0 Å². The second-order valence-corrected chi connectivity index (χ2v) is 5.43. The molecule has 1 aliphatic rings. The topological polar surface area (TPSA) is 32.3 Å². The lowest BCUT2D eigenvalue weighted by atomic mass is 10.0. The zero-order valence-electron chi connectivity index (χ0n) is 10.5. The van der Waals surface area contributed by atoms with Gasteiger partial charge in [0.25, 0.3) is 0 Å². The van der Waals surface area contributed by atoms with Crippen LogP contribution in [0.25, 0.3) is 0 Å². The Morgan fingerprint density at radius 1 is 1.20 bits per heavy atom. The van der Waals surface area contributed by atoms with E-state index < -0.39 is 0 Å². The number of aliphatic hydroxyl groups excluding tert-OH is 1. The molecule has 2 N–H and O–H groups in total. The molecule has 0 heterocycles. The fraction of sp³-hybridized carbons (Fsp3) is 1.00. The molecule has 15 heavy (non-hydrogen) atoms. The largest absolute Gasteiger partial charge is 0.396 e. The van der Waals surface area contributed by atoms with Gasteiger partial charge in [-0.2, -0.15) is 0 Å². The van der Waals surface area contributed by atoms with Crippen LogP contribution in [0.15, 0.2) is 0 Å². The van der Waals surface area contributed by atoms with Crippen molar-refractivity contribution in [1.29, 1.82) is 0 Å². The Morgan fingerprint density at radius 3 is 2.60 bits per heavy atom. The van der Waals surface area contributed by atoms with Crippen molar-refractivity contribution < 1.29 is 5.11 Å². The van der Waals surface area contributed by atoms with Gasteiger partial charge in [-0.05, 0) is 38.0 Å². The highest BCUT2D eigenvalue weighted by Gasteiger charge is 2.19. The molecule has 0 aliphatic heterocycles. The molecule has 0 aromatic heterocycles. The first kappa shape index (κ1) is 13.0. The Morgan fingerprint density at radius 2 is 1.93 bits per heavy atom. The molecule has 0 radical (unpaired) electrons. The van der Waals surface area contributed by atoms with Crippen LogP contribution in [0.2, 0.25) is 0 Å². The Bertz CT molecular complexity index is 172. The molecular weight excluding hydrogens is 186 g/mol. The number of hydrogen-bond donors (Lipinski definition) is 2. The van der Waals surface area contributed by atoms with Gasteiger partial charge in [-0.1, -0.05) is 26.7 Å². The van der Waals surface area contributed by atoms with Crippen LogP contribution in [0.5, 0.6) is 0 Å². The van der Waals surface area contributed by atoms with Gasteiger partial charge in [-0.25, -0.2) is 0 Å². The van der Waals surface area contributed by atoms with Crippen molar-refractivity contribution in [3.8, 4) is 0 Å². The third-order valence-electron chi connectivity index (χ3n) is 3.90. The summed E-state index contributed by atoms with van der Waals surface area (Å²) in [6.45, 7) is 6.95. The molecule has 1 rings (SSSR count). The summed E-state index contributed by atoms with van der Waals surface area (Å²) in [6.07, 6.45) is 6.73. The Labute approximate surface area is 94.5 Å². The van der Waals surface area contributed by atoms with E-state index in [0.29, 0.717) is 18.0 Å². The maximum atomic E-state index is 9.09. The SMILES string of the molecule is CC1CCCC(NC(C)C(C)CO)CC1. The summed E-state index contributed by atoms with van der Waals surface area (Å²) in [7, 11) is 0. The molecule has 0 aromatic rings. The predicted molar refractivity (Wildman–Crippen MR) is 64.9 cm³/mol. The van der Waals surface area contributed by atoms with Gasteiger partial charge in [0.05, 0.1) is 0 Å². The van der Waals surface area contributed by atoms with Gasteiger partial charge in [-0.3, -0.25) is 0 Å². The number of rotatable bonds is 4. The second kappa shape index (κ2) is 6.49. The van der Waals surface area contributed by atoms with E-state index in [9.17, 15) is 0 Å². The average molecular weight is 213 g/mol. The number of hydrogen-bond acceptors (Lipinski definition) is 2. The minimum atomic E-state index is 0.289. The van der Waals surface area contributed by atoms with E-state index in [0.717, 1.165) is 5.92 Å². The third-order valence-corrected chi connectivity index (χ3v) is 3.90. The first-order chi connectivity index (χ1) is 7.13. The molecule has 0 bridgehead atoms. The Kier molecular flexibility index (Phi) is 5.62. The molecule has 4 atom stereocenters. The molecule has 1 aliphatic carbocycles. The number of nitrogens with one attached hydrogen (secondary N) is 1. The van der Waals surface area contributed by atoms with E-state index in [2.05, 4.69) is 26.1 Å². The normalized spacial score (nSPS) is 32.0. The molecule has 0 aromatic carbocycles. The monoisotopic (exact) mass is 213 g/mol. The predicted octanol–water partition coefficient (Wildman–Crippen LogP) is 2.56. The van der Waals surface area contributed by atoms with E-state index >= 15 is 0 Å². The minimum Gasteiger partial charge on any atom is -0.396 e. The van der Waals surface area contributed by atoms with Crippen molar-refractivity contribution in [2.45, 2.75) is 65.0 Å². The molecule has 2 nitrogen and oxygen atoms in total. The lowest BCUT2D eigenvalue weighted by Gasteiger charge is -2.25. The van der Waals surface area contributed by atoms with Crippen molar-refractivity contribution in [2.75, 3.05) is 6.61 Å². The van der Waals surface area contributed by atoms with Crippen molar-refractivity contribution in [2.24, 2.45) is 11.8 Å². The van der Waals surface area contributed by atoms with Gasteiger partial charge in [0.15, 0.2) is 0 Å². The van der Waals surface area contributed by atoms with Crippen LogP contribution < -0.4 is 5.32 Å². The zero-order valence-corrected chi connectivity index (χ0v) is 10.5. The van der Waals surface area contributed by atoms with Crippen LogP contribution in [0.3, 0.4) is 0 Å². The quantitative estimate of drug-likeness (QED) is 0.703. The second-order valence-electron chi connectivity index (χ2n) is 5.43. The highest BCUT2D eigenvalue weighted by Crippen LogP contribution is 2.23. The third kappa shape index (κ3) is 4.52. The summed E-state index contributed by atoms with van der Waals surface area (Å²) in [5, 5.41) is 12.8. The highest BCUT2D eigenvalue weighted by molar-refractivity contribution is 4.78. The molecule has 2 heteroatoms. The van der Waals surface area contributed by atoms with Gasteiger partial charge >= 0.3 is 0 Å². The van der Waals surface area contributed by atoms with Crippen LogP contribution in [-0.4, -0.2) is 23.8 Å². The molecular formula is C13H27NO. The molecule has 90 valence electrons. The number of aliphatic hydroxyl groups is 1. The summed E-state index contributed by atoms with van der Waals surface area (Å²) in [6, 6.07) is 1.12. The van der Waals surface area contributed by atoms with Crippen molar-refractivity contribution in [3.63, 3.8) is 0 Å². The van der Waals surface area contributed by atoms with E-state index in [-0.39, 0.29) is 6.61 Å². The summed E-state index contributed by atoms with van der Waals surface area (Å²) in [4.78, 5) is 0. The Hall–Kier alpha value is -0.0800. The maximum absolute atomic E-state index is 9.09. The average Bonchev–Trinajstić information content (AvgIpc) is 2.42. The fourth-order valence-electron chi connectivity index (χ4n) is 2.35. The summed E-state index contributed by atoms with van der Waals surface area (Å²) < 4.78 is 0. The molecule has 1 saturated carbocycles. The van der Waals surface area contributed by atoms with Gasteiger partial charge in [0.2, 0.25) is 0 Å². The van der Waals surface area contributed by atoms with E-state index in [4.69, 9.17) is 5.11 Å². The van der Waals surface area contributed by atoms with Crippen LogP contribution >= 0.6 is 0 Å². The van der Waals surface area contributed by atoms with Gasteiger partial charge in [0.1, 0.15) is 0 Å². The maximum Gasteiger partial charge on any atom is 0.0471 e. The van der Waals surface area contributed by atoms with Crippen molar-refractivity contribution in [1.82, 2.24) is 5.32 Å². The summed E-state index contributed by atoms with van der Waals surface area (Å²) >= 11 is 0. The molecule has 0 saturated heterocycles. The smallest absolute Gasteiger partial charge is 0.0471 e. The van der Waals surface area contributed by atoms with E-state index in [1.54, 1.807) is 0 Å². The van der Waals surface area contributed by atoms with Gasteiger partial charge in [-0.15, -0.1) is 0 Å². The molecule has 4 unspecified atom stereocenters. The lowest BCUT2D eigenvalue weighted by Crippen LogP contribution is -2.41. The molecule has 0 spiro atoms. The van der Waals surface area contributed by atoms with Crippen LogP contribution in [0.4, 0.5) is 0 Å². The van der Waals surface area contributed by atoms with Gasteiger partial charge in [0, 0.05) is 18.7 Å². The molecule has 0 amide bonds. The first-order valence-electron chi connectivity index (χ1n) is 6.50. The van der Waals surface area contributed by atoms with E-state index in [1.807, 2.05) is 0 Å². The van der Waals surface area contributed by atoms with E-state index in [1.165, 1.54) is 32.1 Å². The minimum absolute atomic E-state index is 0.289. The van der Waals surface area contributed by atoms with Crippen LogP contribution in [0, 0.1) is 11.8 Å². The Balaban J connectivity index is 2.30. The lowest BCUT2D eigenvalue weighted by molar-refractivity contribution is 0.198. The first-order valence-corrected chi connectivity index (χ1v) is 6.50.